The van der Waals surface area contributed by atoms with Crippen LogP contribution >= 0.6 is 0 Å². The molecule has 7 heteroatoms. The number of amides is 1. The largest absolute Gasteiger partial charge is 0.469 e. The first-order valence-electron chi connectivity index (χ1n) is 6.17. The van der Waals surface area contributed by atoms with Gasteiger partial charge in [-0.1, -0.05) is 6.92 Å². The van der Waals surface area contributed by atoms with E-state index in [1.54, 1.807) is 4.90 Å². The van der Waals surface area contributed by atoms with Gasteiger partial charge in [-0.25, -0.2) is 8.78 Å². The van der Waals surface area contributed by atoms with E-state index in [0.29, 0.717) is 13.1 Å². The molecule has 110 valence electrons. The zero-order chi connectivity index (χ0) is 14.4. The zero-order valence-corrected chi connectivity index (χ0v) is 11.1. The SMILES string of the molecule is COC(=O)C1CN(C(=O)CCOCC(F)F)CC1C. The van der Waals surface area contributed by atoms with Crippen molar-refractivity contribution in [3.63, 3.8) is 0 Å². The molecule has 5 nitrogen and oxygen atoms in total. The molecule has 1 fully saturated rings. The maximum Gasteiger partial charge on any atom is 0.310 e. The molecule has 0 spiro atoms. The summed E-state index contributed by atoms with van der Waals surface area (Å²) in [4.78, 5) is 24.8. The molecule has 1 saturated heterocycles. The minimum absolute atomic E-state index is 0.0308. The van der Waals surface area contributed by atoms with E-state index in [0.717, 1.165) is 0 Å². The van der Waals surface area contributed by atoms with Gasteiger partial charge in [-0.3, -0.25) is 9.59 Å². The van der Waals surface area contributed by atoms with Gasteiger partial charge in [0.25, 0.3) is 6.43 Å². The topological polar surface area (TPSA) is 55.8 Å². The molecule has 0 bridgehead atoms. The van der Waals surface area contributed by atoms with Crippen LogP contribution in [0, 0.1) is 11.8 Å². The lowest BCUT2D eigenvalue weighted by Crippen LogP contribution is -2.31. The third-order valence-corrected chi connectivity index (χ3v) is 3.17. The van der Waals surface area contributed by atoms with Crippen molar-refractivity contribution in [3.8, 4) is 0 Å². The van der Waals surface area contributed by atoms with E-state index in [1.807, 2.05) is 6.92 Å². The van der Waals surface area contributed by atoms with Crippen molar-refractivity contribution in [2.75, 3.05) is 33.4 Å². The molecule has 2 atom stereocenters. The molecular weight excluding hydrogens is 260 g/mol. The van der Waals surface area contributed by atoms with Gasteiger partial charge in [0.05, 0.1) is 26.1 Å². The number of nitrogens with zero attached hydrogens (tertiary/aromatic N) is 1. The number of carbonyl (C=O) groups is 2. The van der Waals surface area contributed by atoms with E-state index in [-0.39, 0.29) is 36.7 Å². The van der Waals surface area contributed by atoms with Crippen molar-refractivity contribution in [2.45, 2.75) is 19.8 Å². The van der Waals surface area contributed by atoms with Gasteiger partial charge in [0, 0.05) is 13.1 Å². The second-order valence-corrected chi connectivity index (χ2v) is 4.62. The van der Waals surface area contributed by atoms with E-state index in [1.165, 1.54) is 7.11 Å². The van der Waals surface area contributed by atoms with Crippen LogP contribution in [0.15, 0.2) is 0 Å². The lowest BCUT2D eigenvalue weighted by atomic mass is 9.99. The van der Waals surface area contributed by atoms with Crippen LogP contribution in [-0.2, 0) is 19.1 Å². The molecule has 2 unspecified atom stereocenters. The molecule has 0 aromatic rings. The minimum Gasteiger partial charge on any atom is -0.469 e. The summed E-state index contributed by atoms with van der Waals surface area (Å²) < 4.78 is 33.0. The molecule has 0 aromatic carbocycles. The Labute approximate surface area is 110 Å². The maximum absolute atomic E-state index is 11.8. The predicted octanol–water partition coefficient (Wildman–Crippen LogP) is 0.926. The Morgan fingerprint density at radius 3 is 2.63 bits per heavy atom. The van der Waals surface area contributed by atoms with Crippen molar-refractivity contribution < 1.29 is 27.8 Å². The summed E-state index contributed by atoms with van der Waals surface area (Å²) in [6.07, 6.45) is -2.47. The van der Waals surface area contributed by atoms with E-state index in [9.17, 15) is 18.4 Å². The molecule has 0 N–H and O–H groups in total. The number of hydrogen-bond donors (Lipinski definition) is 0. The molecule has 0 aliphatic carbocycles. The second kappa shape index (κ2) is 7.37. The first-order chi connectivity index (χ1) is 8.95. The molecule has 0 radical (unpaired) electrons. The van der Waals surface area contributed by atoms with Crippen LogP contribution in [0.2, 0.25) is 0 Å². The van der Waals surface area contributed by atoms with Crippen LogP contribution in [-0.4, -0.2) is 56.6 Å². The van der Waals surface area contributed by atoms with Gasteiger partial charge in [0.15, 0.2) is 0 Å². The maximum atomic E-state index is 11.8. The molecular formula is C12H19F2NO4. The van der Waals surface area contributed by atoms with Crippen molar-refractivity contribution in [1.29, 1.82) is 0 Å². The number of ether oxygens (including phenoxy) is 2. The lowest BCUT2D eigenvalue weighted by Gasteiger charge is -2.16. The average molecular weight is 279 g/mol. The Bertz CT molecular complexity index is 325. The normalized spacial score (nSPS) is 22.9. The Hall–Kier alpha value is -1.24. The monoisotopic (exact) mass is 279 g/mol. The number of esters is 1. The fourth-order valence-corrected chi connectivity index (χ4v) is 2.12. The smallest absolute Gasteiger partial charge is 0.310 e. The molecule has 1 heterocycles. The van der Waals surface area contributed by atoms with Gasteiger partial charge in [-0.15, -0.1) is 0 Å². The highest BCUT2D eigenvalue weighted by Gasteiger charge is 2.37. The number of likely N-dealkylation sites (tertiary alicyclic amines) is 1. The van der Waals surface area contributed by atoms with Gasteiger partial charge >= 0.3 is 5.97 Å². The Morgan fingerprint density at radius 2 is 2.05 bits per heavy atom. The highest BCUT2D eigenvalue weighted by atomic mass is 19.3. The first-order valence-corrected chi connectivity index (χ1v) is 6.17. The number of alkyl halides is 2. The molecule has 1 aliphatic rings. The molecule has 1 aliphatic heterocycles. The summed E-state index contributed by atoms with van der Waals surface area (Å²) in [7, 11) is 1.32. The van der Waals surface area contributed by atoms with Crippen molar-refractivity contribution in [3.05, 3.63) is 0 Å². The number of hydrogen-bond acceptors (Lipinski definition) is 4. The van der Waals surface area contributed by atoms with Crippen LogP contribution in [0.3, 0.4) is 0 Å². The number of carbonyl (C=O) groups excluding carboxylic acids is 2. The van der Waals surface area contributed by atoms with Crippen LogP contribution in [0.5, 0.6) is 0 Å². The van der Waals surface area contributed by atoms with Gasteiger partial charge in [0.2, 0.25) is 5.91 Å². The van der Waals surface area contributed by atoms with Gasteiger partial charge < -0.3 is 14.4 Å². The summed E-state index contributed by atoms with van der Waals surface area (Å²) >= 11 is 0. The van der Waals surface area contributed by atoms with Crippen molar-refractivity contribution in [1.82, 2.24) is 4.90 Å². The quantitative estimate of drug-likeness (QED) is 0.536. The number of rotatable bonds is 6. The first kappa shape index (κ1) is 15.8. The summed E-state index contributed by atoms with van der Waals surface area (Å²) in [5, 5.41) is 0. The summed E-state index contributed by atoms with van der Waals surface area (Å²) in [5.74, 6) is -0.779. The molecule has 1 amide bonds. The Morgan fingerprint density at radius 1 is 1.37 bits per heavy atom. The van der Waals surface area contributed by atoms with E-state index >= 15 is 0 Å². The van der Waals surface area contributed by atoms with Crippen molar-refractivity contribution in [2.24, 2.45) is 11.8 Å². The fourth-order valence-electron chi connectivity index (χ4n) is 2.12. The third kappa shape index (κ3) is 4.74. The Kier molecular flexibility index (Phi) is 6.14. The number of halogens is 2. The minimum atomic E-state index is -2.52. The van der Waals surface area contributed by atoms with Crippen LogP contribution in [0.1, 0.15) is 13.3 Å². The lowest BCUT2D eigenvalue weighted by molar-refractivity contribution is -0.146. The van der Waals surface area contributed by atoms with E-state index in [4.69, 9.17) is 0 Å². The molecule has 0 aromatic heterocycles. The van der Waals surface area contributed by atoms with Crippen LogP contribution in [0.4, 0.5) is 8.78 Å². The van der Waals surface area contributed by atoms with Gasteiger partial charge in [-0.05, 0) is 5.92 Å². The predicted molar refractivity (Wildman–Crippen MR) is 62.7 cm³/mol. The van der Waals surface area contributed by atoms with Crippen LogP contribution in [0.25, 0.3) is 0 Å². The number of methoxy groups -OCH3 is 1. The highest BCUT2D eigenvalue weighted by molar-refractivity contribution is 5.79. The average Bonchev–Trinajstić information content (AvgIpc) is 2.75. The molecule has 0 saturated carbocycles. The second-order valence-electron chi connectivity index (χ2n) is 4.62. The molecule has 19 heavy (non-hydrogen) atoms. The summed E-state index contributed by atoms with van der Waals surface area (Å²) in [5.41, 5.74) is 0. The van der Waals surface area contributed by atoms with Crippen molar-refractivity contribution >= 4 is 11.9 Å². The standard InChI is InChI=1S/C12H19F2NO4/c1-8-5-15(6-9(8)12(17)18-2)11(16)3-4-19-7-10(13)14/h8-10H,3-7H2,1-2H3. The Balaban J connectivity index is 2.33. The highest BCUT2D eigenvalue weighted by Crippen LogP contribution is 2.24. The molecule has 1 rings (SSSR count). The zero-order valence-electron chi connectivity index (χ0n) is 11.1. The summed E-state index contributed by atoms with van der Waals surface area (Å²) in [6, 6.07) is 0. The van der Waals surface area contributed by atoms with Gasteiger partial charge in [0.1, 0.15) is 6.61 Å². The van der Waals surface area contributed by atoms with Gasteiger partial charge in [-0.2, -0.15) is 0 Å². The van der Waals surface area contributed by atoms with Crippen LogP contribution < -0.4 is 0 Å². The third-order valence-electron chi connectivity index (χ3n) is 3.17. The van der Waals surface area contributed by atoms with E-state index < -0.39 is 13.0 Å². The summed E-state index contributed by atoms with van der Waals surface area (Å²) in [6.45, 7) is 1.99. The fraction of sp³-hybridized carbons (Fsp3) is 0.833. The van der Waals surface area contributed by atoms with E-state index in [2.05, 4.69) is 9.47 Å².